The Kier molecular flexibility index (Phi) is 6.87. The number of anilines is 1. The molecule has 0 aliphatic heterocycles. The van der Waals surface area contributed by atoms with Crippen molar-refractivity contribution in [3.05, 3.63) is 16.7 Å². The molecule has 0 aromatic carbocycles. The van der Waals surface area contributed by atoms with Gasteiger partial charge < -0.3 is 10.1 Å². The second-order valence-electron chi connectivity index (χ2n) is 4.20. The zero-order valence-electron chi connectivity index (χ0n) is 11.9. The lowest BCUT2D eigenvalue weighted by molar-refractivity contribution is 0.189. The average Bonchev–Trinajstić information content (AvgIpc) is 2.41. The Hall–Kier alpha value is -0.700. The molecule has 114 valence electrons. The molecule has 0 fully saturated rings. The molecule has 1 rings (SSSR count). The third kappa shape index (κ3) is 4.41. The maximum atomic E-state index is 12.6. The first-order valence-electron chi connectivity index (χ1n) is 6.28. The Morgan fingerprint density at radius 3 is 2.80 bits per heavy atom. The number of nitrogens with zero attached hydrogens (tertiary/aromatic N) is 2. The van der Waals surface area contributed by atoms with Gasteiger partial charge in [0.2, 0.25) is 10.0 Å². The van der Waals surface area contributed by atoms with Crippen molar-refractivity contribution in [1.82, 2.24) is 9.29 Å². The lowest BCUT2D eigenvalue weighted by Gasteiger charge is -2.19. The van der Waals surface area contributed by atoms with Crippen LogP contribution in [0.4, 0.5) is 5.82 Å². The standard InChI is InChI=1S/C12H20BrN3O3S/c1-4-14-12-11(8-10(13)9-15-12)20(17,18)16(2)6-5-7-19-3/h8-9H,4-7H2,1-3H3,(H,14,15). The number of aromatic nitrogens is 1. The topological polar surface area (TPSA) is 71.5 Å². The molecule has 0 radical (unpaired) electrons. The van der Waals surface area contributed by atoms with Crippen molar-refractivity contribution in [1.29, 1.82) is 0 Å². The summed E-state index contributed by atoms with van der Waals surface area (Å²) in [6.07, 6.45) is 2.21. The number of hydrogen-bond acceptors (Lipinski definition) is 5. The van der Waals surface area contributed by atoms with E-state index in [0.717, 1.165) is 0 Å². The van der Waals surface area contributed by atoms with Gasteiger partial charge in [-0.1, -0.05) is 0 Å². The fourth-order valence-electron chi connectivity index (χ4n) is 1.64. The molecule has 0 unspecified atom stereocenters. The predicted molar refractivity (Wildman–Crippen MR) is 82.4 cm³/mol. The van der Waals surface area contributed by atoms with Gasteiger partial charge in [0.05, 0.1) is 0 Å². The molecule has 0 bridgehead atoms. The molecule has 20 heavy (non-hydrogen) atoms. The molecular formula is C12H20BrN3O3S. The Labute approximate surface area is 128 Å². The molecule has 0 spiro atoms. The highest BCUT2D eigenvalue weighted by molar-refractivity contribution is 9.10. The minimum Gasteiger partial charge on any atom is -0.385 e. The molecule has 8 heteroatoms. The second kappa shape index (κ2) is 7.92. The van der Waals surface area contributed by atoms with E-state index in [-0.39, 0.29) is 4.90 Å². The maximum absolute atomic E-state index is 12.6. The van der Waals surface area contributed by atoms with Crippen LogP contribution in [0.1, 0.15) is 13.3 Å². The molecule has 0 atom stereocenters. The van der Waals surface area contributed by atoms with Crippen molar-refractivity contribution >= 4 is 31.8 Å². The van der Waals surface area contributed by atoms with E-state index in [9.17, 15) is 8.42 Å². The SMILES string of the molecule is CCNc1ncc(Br)cc1S(=O)(=O)N(C)CCCOC. The third-order valence-corrected chi connectivity index (χ3v) is 4.98. The van der Waals surface area contributed by atoms with E-state index in [1.165, 1.54) is 4.31 Å². The molecule has 0 saturated heterocycles. The summed E-state index contributed by atoms with van der Waals surface area (Å²) in [5.41, 5.74) is 0. The van der Waals surface area contributed by atoms with E-state index in [1.54, 1.807) is 26.4 Å². The van der Waals surface area contributed by atoms with Crippen LogP contribution in [-0.4, -0.2) is 51.6 Å². The van der Waals surface area contributed by atoms with Gasteiger partial charge in [-0.2, -0.15) is 0 Å². The summed E-state index contributed by atoms with van der Waals surface area (Å²) >= 11 is 3.26. The maximum Gasteiger partial charge on any atom is 0.246 e. The van der Waals surface area contributed by atoms with Crippen LogP contribution >= 0.6 is 15.9 Å². The lowest BCUT2D eigenvalue weighted by atomic mass is 10.4. The third-order valence-electron chi connectivity index (χ3n) is 2.67. The number of ether oxygens (including phenoxy) is 1. The minimum absolute atomic E-state index is 0.175. The summed E-state index contributed by atoms with van der Waals surface area (Å²) < 4.78 is 32.0. The fraction of sp³-hybridized carbons (Fsp3) is 0.583. The average molecular weight is 366 g/mol. The number of methoxy groups -OCH3 is 1. The molecule has 6 nitrogen and oxygen atoms in total. The quantitative estimate of drug-likeness (QED) is 0.712. The van der Waals surface area contributed by atoms with Crippen molar-refractivity contribution in [2.24, 2.45) is 0 Å². The number of hydrogen-bond donors (Lipinski definition) is 1. The van der Waals surface area contributed by atoms with E-state index < -0.39 is 10.0 Å². The van der Waals surface area contributed by atoms with Crippen molar-refractivity contribution in [3.8, 4) is 0 Å². The van der Waals surface area contributed by atoms with Crippen LogP contribution in [-0.2, 0) is 14.8 Å². The Balaban J connectivity index is 3.04. The molecule has 0 saturated carbocycles. The first-order valence-corrected chi connectivity index (χ1v) is 8.51. The zero-order chi connectivity index (χ0) is 15.2. The molecule has 1 aromatic rings. The van der Waals surface area contributed by atoms with Gasteiger partial charge in [0.15, 0.2) is 0 Å². The van der Waals surface area contributed by atoms with E-state index in [2.05, 4.69) is 26.2 Å². The van der Waals surface area contributed by atoms with Gasteiger partial charge in [-0.25, -0.2) is 17.7 Å². The number of halogens is 1. The first-order chi connectivity index (χ1) is 9.43. The van der Waals surface area contributed by atoms with E-state index >= 15 is 0 Å². The summed E-state index contributed by atoms with van der Waals surface area (Å²) in [6.45, 7) is 3.41. The highest BCUT2D eigenvalue weighted by atomic mass is 79.9. The largest absolute Gasteiger partial charge is 0.385 e. The molecular weight excluding hydrogens is 346 g/mol. The van der Waals surface area contributed by atoms with Gasteiger partial charge >= 0.3 is 0 Å². The Bertz CT molecular complexity index is 537. The van der Waals surface area contributed by atoms with E-state index in [0.29, 0.717) is 36.4 Å². The van der Waals surface area contributed by atoms with Crippen molar-refractivity contribution in [2.45, 2.75) is 18.2 Å². The van der Waals surface area contributed by atoms with Crippen LogP contribution in [0, 0.1) is 0 Å². The number of nitrogens with one attached hydrogen (secondary N) is 1. The smallest absolute Gasteiger partial charge is 0.246 e. The van der Waals surface area contributed by atoms with Crippen molar-refractivity contribution < 1.29 is 13.2 Å². The monoisotopic (exact) mass is 365 g/mol. The molecule has 0 aliphatic rings. The normalized spacial score (nSPS) is 11.8. The molecule has 1 heterocycles. The number of rotatable bonds is 8. The van der Waals surface area contributed by atoms with E-state index in [1.807, 2.05) is 6.92 Å². The van der Waals surface area contributed by atoms with Gasteiger partial charge in [-0.3, -0.25) is 0 Å². The van der Waals surface area contributed by atoms with Crippen LogP contribution in [0.2, 0.25) is 0 Å². The predicted octanol–water partition coefficient (Wildman–Crippen LogP) is 1.93. The van der Waals surface area contributed by atoms with Gasteiger partial charge in [0.25, 0.3) is 0 Å². The second-order valence-corrected chi connectivity index (χ2v) is 7.13. The van der Waals surface area contributed by atoms with Gasteiger partial charge in [0.1, 0.15) is 10.7 Å². The molecule has 1 aromatic heterocycles. The summed E-state index contributed by atoms with van der Waals surface area (Å²) in [4.78, 5) is 4.30. The summed E-state index contributed by atoms with van der Waals surface area (Å²) in [7, 11) is -0.422. The summed E-state index contributed by atoms with van der Waals surface area (Å²) in [5, 5.41) is 2.97. The molecule has 1 N–H and O–H groups in total. The summed E-state index contributed by atoms with van der Waals surface area (Å²) in [5.74, 6) is 0.370. The van der Waals surface area contributed by atoms with Crippen LogP contribution in [0.5, 0.6) is 0 Å². The Morgan fingerprint density at radius 1 is 1.50 bits per heavy atom. The number of sulfonamides is 1. The number of pyridine rings is 1. The van der Waals surface area contributed by atoms with E-state index in [4.69, 9.17) is 4.74 Å². The van der Waals surface area contributed by atoms with Crippen LogP contribution in [0.3, 0.4) is 0 Å². The lowest BCUT2D eigenvalue weighted by Crippen LogP contribution is -2.29. The minimum atomic E-state index is -3.57. The van der Waals surface area contributed by atoms with Crippen molar-refractivity contribution in [2.75, 3.05) is 39.2 Å². The molecule has 0 aliphatic carbocycles. The Morgan fingerprint density at radius 2 is 2.20 bits per heavy atom. The fourth-order valence-corrected chi connectivity index (χ4v) is 3.47. The van der Waals surface area contributed by atoms with Gasteiger partial charge in [-0.05, 0) is 35.3 Å². The first kappa shape index (κ1) is 17.4. The van der Waals surface area contributed by atoms with Gasteiger partial charge in [0, 0.05) is 44.5 Å². The van der Waals surface area contributed by atoms with Crippen LogP contribution in [0.25, 0.3) is 0 Å². The van der Waals surface area contributed by atoms with Crippen LogP contribution in [0.15, 0.2) is 21.6 Å². The highest BCUT2D eigenvalue weighted by Gasteiger charge is 2.24. The highest BCUT2D eigenvalue weighted by Crippen LogP contribution is 2.25. The van der Waals surface area contributed by atoms with Crippen molar-refractivity contribution in [3.63, 3.8) is 0 Å². The summed E-state index contributed by atoms with van der Waals surface area (Å²) in [6, 6.07) is 1.56. The zero-order valence-corrected chi connectivity index (χ0v) is 14.3. The van der Waals surface area contributed by atoms with Gasteiger partial charge in [-0.15, -0.1) is 0 Å². The molecule has 0 amide bonds. The van der Waals surface area contributed by atoms with Crippen LogP contribution < -0.4 is 5.32 Å².